The monoisotopic (exact) mass is 666 g/mol. The quantitative estimate of drug-likeness (QED) is 0.217. The van der Waals surface area contributed by atoms with Crippen molar-refractivity contribution in [1.29, 1.82) is 0 Å². The fourth-order valence-electron chi connectivity index (χ4n) is 5.11. The summed E-state index contributed by atoms with van der Waals surface area (Å²) < 4.78 is 14.0. The lowest BCUT2D eigenvalue weighted by molar-refractivity contribution is -0.126. The van der Waals surface area contributed by atoms with E-state index in [0.29, 0.717) is 16.3 Å². The van der Waals surface area contributed by atoms with Gasteiger partial charge in [0.25, 0.3) is 0 Å². The number of pyridine rings is 1. The zero-order valence-corrected chi connectivity index (χ0v) is 26.1. The van der Waals surface area contributed by atoms with Gasteiger partial charge >= 0.3 is 0 Å². The van der Waals surface area contributed by atoms with Crippen LogP contribution in [0.3, 0.4) is 0 Å². The number of para-hydroxylation sites is 1. The number of hydrogen-bond donors (Lipinski definition) is 2. The largest absolute Gasteiger partial charge is 0.351 e. The molecule has 0 saturated heterocycles. The van der Waals surface area contributed by atoms with Crippen molar-refractivity contribution >= 4 is 78.1 Å². The van der Waals surface area contributed by atoms with Crippen LogP contribution in [0.25, 0.3) is 10.9 Å². The zero-order chi connectivity index (χ0) is 29.5. The second-order valence-electron chi connectivity index (χ2n) is 10.2. The molecule has 2 aromatic heterocycles. The molecule has 1 aliphatic carbocycles. The number of halogens is 1. The molecule has 0 spiro atoms. The maximum atomic E-state index is 14.0. The van der Waals surface area contributed by atoms with Gasteiger partial charge in [-0.1, -0.05) is 59.5 Å². The molecule has 1 saturated carbocycles. The Bertz CT molecular complexity index is 1570. The number of nitrogens with zero attached hydrogens (tertiary/aromatic N) is 2. The molecule has 1 fully saturated rings. The highest BCUT2D eigenvalue weighted by atomic mass is 79.9. The second-order valence-corrected chi connectivity index (χ2v) is 13.5. The molecular weight excluding hydrogens is 636 g/mol. The van der Waals surface area contributed by atoms with Crippen LogP contribution in [0.15, 0.2) is 82.8 Å². The highest BCUT2D eigenvalue weighted by Gasteiger charge is 2.35. The van der Waals surface area contributed by atoms with Gasteiger partial charge in [0.1, 0.15) is 17.5 Å². The summed E-state index contributed by atoms with van der Waals surface area (Å²) in [6, 6.07) is 19.1. The number of amides is 3. The summed E-state index contributed by atoms with van der Waals surface area (Å²) in [6.07, 6.45) is 6.60. The van der Waals surface area contributed by atoms with E-state index in [0.717, 1.165) is 47.5 Å². The Labute approximate surface area is 259 Å². The molecule has 5 rings (SSSR count). The highest BCUT2D eigenvalue weighted by Crippen LogP contribution is 2.33. The molecule has 2 heterocycles. The van der Waals surface area contributed by atoms with Crippen LogP contribution in [0.4, 0.5) is 11.4 Å². The molecule has 218 valence electrons. The molecule has 42 heavy (non-hydrogen) atoms. The first kappa shape index (κ1) is 30.1. The molecule has 11 heteroatoms. The van der Waals surface area contributed by atoms with Gasteiger partial charge in [0.15, 0.2) is 0 Å². The molecule has 4 aromatic rings. The molecule has 1 aliphatic rings. The van der Waals surface area contributed by atoms with Crippen LogP contribution < -0.4 is 15.5 Å². The van der Waals surface area contributed by atoms with Gasteiger partial charge in [0.2, 0.25) is 17.7 Å². The van der Waals surface area contributed by atoms with Crippen molar-refractivity contribution in [3.05, 3.63) is 87.7 Å². The van der Waals surface area contributed by atoms with Crippen molar-refractivity contribution in [2.24, 2.45) is 0 Å². The average Bonchev–Trinajstić information content (AvgIpc) is 3.51. The number of hydrogen-bond acceptors (Lipinski definition) is 6. The topological polar surface area (TPSA) is 108 Å². The van der Waals surface area contributed by atoms with Gasteiger partial charge in [-0.2, -0.15) is 0 Å². The Kier molecular flexibility index (Phi) is 10.1. The maximum Gasteiger partial charge on any atom is 0.248 e. The number of rotatable bonds is 10. The van der Waals surface area contributed by atoms with Crippen LogP contribution in [0.5, 0.6) is 0 Å². The van der Waals surface area contributed by atoms with E-state index >= 15 is 0 Å². The van der Waals surface area contributed by atoms with E-state index in [4.69, 9.17) is 0 Å². The SMILES string of the molecule is O=C(C[S@](=O)CC(=O)N(c1cnc2ccccc2c1)[C@@H](C(=O)NC1CCCCC1)c1cccs1)Nc1ccc(Br)cc1. The third kappa shape index (κ3) is 7.70. The first-order chi connectivity index (χ1) is 20.4. The van der Waals surface area contributed by atoms with Gasteiger partial charge in [-0.15, -0.1) is 11.3 Å². The zero-order valence-electron chi connectivity index (χ0n) is 22.8. The Morgan fingerprint density at radius 3 is 2.50 bits per heavy atom. The van der Waals surface area contributed by atoms with Gasteiger partial charge in [0.05, 0.1) is 17.4 Å². The van der Waals surface area contributed by atoms with Gasteiger partial charge in [-0.25, -0.2) is 0 Å². The number of benzene rings is 2. The van der Waals surface area contributed by atoms with E-state index < -0.39 is 34.4 Å². The molecule has 0 radical (unpaired) electrons. The summed E-state index contributed by atoms with van der Waals surface area (Å²) in [5, 5.41) is 8.56. The van der Waals surface area contributed by atoms with Crippen LogP contribution >= 0.6 is 27.3 Å². The van der Waals surface area contributed by atoms with Crippen molar-refractivity contribution in [1.82, 2.24) is 10.3 Å². The second kappa shape index (κ2) is 14.2. The summed E-state index contributed by atoms with van der Waals surface area (Å²) in [6.45, 7) is 0. The normalized spacial score (nSPS) is 15.1. The Hall–Kier alpha value is -3.41. The van der Waals surface area contributed by atoms with E-state index in [1.165, 1.54) is 16.2 Å². The van der Waals surface area contributed by atoms with Crippen molar-refractivity contribution in [2.75, 3.05) is 21.7 Å². The van der Waals surface area contributed by atoms with Crippen molar-refractivity contribution in [2.45, 2.75) is 44.2 Å². The number of fused-ring (bicyclic) bond motifs is 1. The Morgan fingerprint density at radius 1 is 1.00 bits per heavy atom. The van der Waals surface area contributed by atoms with Gasteiger partial charge < -0.3 is 10.6 Å². The minimum atomic E-state index is -1.82. The van der Waals surface area contributed by atoms with E-state index in [9.17, 15) is 18.6 Å². The summed E-state index contributed by atoms with van der Waals surface area (Å²) in [4.78, 5) is 47.1. The van der Waals surface area contributed by atoms with Crippen LogP contribution in [-0.2, 0) is 25.2 Å². The van der Waals surface area contributed by atoms with Crippen molar-refractivity contribution in [3.63, 3.8) is 0 Å². The minimum absolute atomic E-state index is 0.0387. The first-order valence-corrected chi connectivity index (χ1v) is 16.9. The van der Waals surface area contributed by atoms with E-state index in [-0.39, 0.29) is 17.7 Å². The van der Waals surface area contributed by atoms with Crippen LogP contribution in [0.1, 0.15) is 43.0 Å². The lowest BCUT2D eigenvalue weighted by Gasteiger charge is -2.32. The molecule has 0 unspecified atom stereocenters. The predicted molar refractivity (Wildman–Crippen MR) is 172 cm³/mol. The maximum absolute atomic E-state index is 14.0. The fraction of sp³-hybridized carbons (Fsp3) is 0.290. The molecule has 2 N–H and O–H groups in total. The lowest BCUT2D eigenvalue weighted by atomic mass is 9.95. The van der Waals surface area contributed by atoms with Gasteiger partial charge in [0, 0.05) is 37.3 Å². The summed E-state index contributed by atoms with van der Waals surface area (Å²) in [7, 11) is -1.82. The molecule has 0 aliphatic heterocycles. The molecule has 8 nitrogen and oxygen atoms in total. The molecule has 0 bridgehead atoms. The number of carbonyl (C=O) groups excluding carboxylic acids is 3. The predicted octanol–water partition coefficient (Wildman–Crippen LogP) is 5.97. The van der Waals surface area contributed by atoms with E-state index in [1.54, 1.807) is 30.5 Å². The number of carbonyl (C=O) groups is 3. The third-order valence-electron chi connectivity index (χ3n) is 7.10. The molecule has 2 atom stereocenters. The lowest BCUT2D eigenvalue weighted by Crippen LogP contribution is -2.48. The standard InChI is InChI=1S/C31H31BrN4O4S2/c32-22-12-14-24(15-13-22)34-28(37)19-42(40)20-29(38)36(25-17-21-7-4-5-10-26(21)33-18-25)30(27-11-6-16-41-27)31(39)35-23-8-2-1-3-9-23/h4-7,10-18,23,30H,1-3,8-9,19-20H2,(H,34,37)(H,35,39)/t30-,42+/m1/s1. The van der Waals surface area contributed by atoms with Crippen molar-refractivity contribution in [3.8, 4) is 0 Å². The Balaban J connectivity index is 1.42. The third-order valence-corrected chi connectivity index (χ3v) is 9.70. The molecule has 3 amide bonds. The average molecular weight is 668 g/mol. The van der Waals surface area contributed by atoms with E-state index in [2.05, 4.69) is 31.5 Å². The highest BCUT2D eigenvalue weighted by molar-refractivity contribution is 9.10. The van der Waals surface area contributed by atoms with Crippen molar-refractivity contribution < 1.29 is 18.6 Å². The molecular formula is C31H31BrN4O4S2. The number of aromatic nitrogens is 1. The summed E-state index contributed by atoms with van der Waals surface area (Å²) >= 11 is 4.73. The number of nitrogens with one attached hydrogen (secondary N) is 2. The van der Waals surface area contributed by atoms with Crippen LogP contribution in [-0.4, -0.2) is 44.5 Å². The van der Waals surface area contributed by atoms with Crippen LogP contribution in [0, 0.1) is 0 Å². The summed E-state index contributed by atoms with van der Waals surface area (Å²) in [5.41, 5.74) is 1.74. The number of thiophene rings is 1. The van der Waals surface area contributed by atoms with E-state index in [1.807, 2.05) is 47.8 Å². The minimum Gasteiger partial charge on any atom is -0.351 e. The summed E-state index contributed by atoms with van der Waals surface area (Å²) in [5.74, 6) is -2.07. The van der Waals surface area contributed by atoms with Crippen LogP contribution in [0.2, 0.25) is 0 Å². The molecule has 2 aromatic carbocycles. The smallest absolute Gasteiger partial charge is 0.248 e. The van der Waals surface area contributed by atoms with Gasteiger partial charge in [-0.3, -0.25) is 28.5 Å². The Morgan fingerprint density at radius 2 is 1.76 bits per heavy atom. The van der Waals surface area contributed by atoms with Gasteiger partial charge in [-0.05, 0) is 60.7 Å². The first-order valence-electron chi connectivity index (χ1n) is 13.8. The fourth-order valence-corrected chi connectivity index (χ4v) is 7.07. The number of anilines is 2.